The van der Waals surface area contributed by atoms with Crippen molar-refractivity contribution in [2.45, 2.75) is 38.7 Å². The Hall–Kier alpha value is -0.640. The third-order valence-corrected chi connectivity index (χ3v) is 3.30. The highest BCUT2D eigenvalue weighted by Gasteiger charge is 2.11. The van der Waals surface area contributed by atoms with Gasteiger partial charge in [-0.2, -0.15) is 5.26 Å². The summed E-state index contributed by atoms with van der Waals surface area (Å²) in [6.07, 6.45) is 1.34. The smallest absolute Gasteiger partial charge is 0.211 e. The molecule has 15 heavy (non-hydrogen) atoms. The van der Waals surface area contributed by atoms with Gasteiger partial charge in [0.2, 0.25) is 10.0 Å². The van der Waals surface area contributed by atoms with E-state index in [9.17, 15) is 13.5 Å². The van der Waals surface area contributed by atoms with Crippen molar-refractivity contribution in [3.05, 3.63) is 0 Å². The summed E-state index contributed by atoms with van der Waals surface area (Å²) in [4.78, 5) is 0. The lowest BCUT2D eigenvalue weighted by Crippen LogP contribution is -2.33. The van der Waals surface area contributed by atoms with E-state index in [2.05, 4.69) is 4.72 Å². The lowest BCUT2D eigenvalue weighted by molar-refractivity contribution is 0.167. The summed E-state index contributed by atoms with van der Waals surface area (Å²) in [6, 6.07) is 1.88. The predicted molar refractivity (Wildman–Crippen MR) is 57.6 cm³/mol. The van der Waals surface area contributed by atoms with Crippen molar-refractivity contribution in [3.63, 3.8) is 0 Å². The normalized spacial score (nSPS) is 13.4. The van der Waals surface area contributed by atoms with E-state index in [1.165, 1.54) is 0 Å². The van der Waals surface area contributed by atoms with Gasteiger partial charge in [-0.3, -0.25) is 0 Å². The zero-order valence-electron chi connectivity index (χ0n) is 8.94. The number of hydrogen-bond acceptors (Lipinski definition) is 4. The first-order valence-electron chi connectivity index (χ1n) is 5.04. The summed E-state index contributed by atoms with van der Waals surface area (Å²) < 4.78 is 24.9. The highest BCUT2D eigenvalue weighted by atomic mass is 32.2. The average Bonchev–Trinajstić information content (AvgIpc) is 2.16. The quantitative estimate of drug-likeness (QED) is 0.594. The van der Waals surface area contributed by atoms with E-state index in [-0.39, 0.29) is 18.7 Å². The fraction of sp³-hybridized carbons (Fsp3) is 0.889. The molecule has 0 spiro atoms. The fourth-order valence-electron chi connectivity index (χ4n) is 1.07. The lowest BCUT2D eigenvalue weighted by Gasteiger charge is -2.10. The Morgan fingerprint density at radius 2 is 2.20 bits per heavy atom. The SMILES string of the molecule is CCCC(O)CNS(=O)(=O)CCCC#N. The zero-order chi connectivity index (χ0) is 11.7. The van der Waals surface area contributed by atoms with E-state index in [0.29, 0.717) is 12.8 Å². The van der Waals surface area contributed by atoms with E-state index in [4.69, 9.17) is 5.26 Å². The fourth-order valence-corrected chi connectivity index (χ4v) is 2.19. The number of hydrogen-bond donors (Lipinski definition) is 2. The van der Waals surface area contributed by atoms with Crippen LogP contribution in [0.5, 0.6) is 0 Å². The molecule has 1 atom stereocenters. The number of nitrogens with one attached hydrogen (secondary N) is 1. The molecule has 0 rings (SSSR count). The van der Waals surface area contributed by atoms with Crippen molar-refractivity contribution < 1.29 is 13.5 Å². The second kappa shape index (κ2) is 7.63. The molecule has 0 aromatic rings. The molecule has 0 heterocycles. The van der Waals surface area contributed by atoms with Crippen LogP contribution in [0.25, 0.3) is 0 Å². The highest BCUT2D eigenvalue weighted by molar-refractivity contribution is 7.89. The molecule has 0 fully saturated rings. The Morgan fingerprint density at radius 1 is 1.53 bits per heavy atom. The van der Waals surface area contributed by atoms with Crippen molar-refractivity contribution in [3.8, 4) is 6.07 Å². The Morgan fingerprint density at radius 3 is 2.73 bits per heavy atom. The first-order valence-corrected chi connectivity index (χ1v) is 6.69. The van der Waals surface area contributed by atoms with Crippen LogP contribution in [0.2, 0.25) is 0 Å². The topological polar surface area (TPSA) is 90.2 Å². The summed E-state index contributed by atoms with van der Waals surface area (Å²) in [5.74, 6) is -0.0561. The summed E-state index contributed by atoms with van der Waals surface area (Å²) >= 11 is 0. The summed E-state index contributed by atoms with van der Waals surface area (Å²) in [6.45, 7) is 1.98. The van der Waals surface area contributed by atoms with E-state index in [1.807, 2.05) is 13.0 Å². The van der Waals surface area contributed by atoms with E-state index in [1.54, 1.807) is 0 Å². The number of nitrogens with zero attached hydrogens (tertiary/aromatic N) is 1. The Kier molecular flexibility index (Phi) is 7.30. The molecule has 0 aliphatic carbocycles. The zero-order valence-corrected chi connectivity index (χ0v) is 9.76. The lowest BCUT2D eigenvalue weighted by atomic mass is 10.2. The van der Waals surface area contributed by atoms with Gasteiger partial charge in [-0.05, 0) is 12.8 Å². The van der Waals surface area contributed by atoms with Gasteiger partial charge >= 0.3 is 0 Å². The van der Waals surface area contributed by atoms with E-state index < -0.39 is 16.1 Å². The van der Waals surface area contributed by atoms with Crippen LogP contribution < -0.4 is 4.72 Å². The van der Waals surface area contributed by atoms with Crippen molar-refractivity contribution >= 4 is 10.0 Å². The van der Waals surface area contributed by atoms with Gasteiger partial charge < -0.3 is 5.11 Å². The summed E-state index contributed by atoms with van der Waals surface area (Å²) in [5, 5.41) is 17.6. The minimum absolute atomic E-state index is 0.0561. The minimum atomic E-state index is -3.33. The molecule has 0 aliphatic rings. The van der Waals surface area contributed by atoms with Crippen LogP contribution in [0.15, 0.2) is 0 Å². The molecular weight excluding hydrogens is 216 g/mol. The van der Waals surface area contributed by atoms with Crippen molar-refractivity contribution in [2.24, 2.45) is 0 Å². The van der Waals surface area contributed by atoms with Crippen LogP contribution in [0, 0.1) is 11.3 Å². The van der Waals surface area contributed by atoms with E-state index in [0.717, 1.165) is 6.42 Å². The van der Waals surface area contributed by atoms with Gasteiger partial charge in [0.1, 0.15) is 0 Å². The number of nitriles is 1. The number of unbranched alkanes of at least 4 members (excludes halogenated alkanes) is 1. The Bertz CT molecular complexity index is 295. The number of rotatable bonds is 8. The number of aliphatic hydroxyl groups is 1. The molecule has 2 N–H and O–H groups in total. The molecular formula is C9H18N2O3S. The van der Waals surface area contributed by atoms with Crippen LogP contribution in [0.4, 0.5) is 0 Å². The molecule has 0 bridgehead atoms. The van der Waals surface area contributed by atoms with Crippen molar-refractivity contribution in [1.82, 2.24) is 4.72 Å². The van der Waals surface area contributed by atoms with Crippen LogP contribution in [-0.4, -0.2) is 31.9 Å². The van der Waals surface area contributed by atoms with Gasteiger partial charge in [-0.15, -0.1) is 0 Å². The second-order valence-corrected chi connectivity index (χ2v) is 5.30. The van der Waals surface area contributed by atoms with Crippen LogP contribution in [-0.2, 0) is 10.0 Å². The maximum absolute atomic E-state index is 11.3. The van der Waals surface area contributed by atoms with Gasteiger partial charge in [-0.25, -0.2) is 13.1 Å². The highest BCUT2D eigenvalue weighted by Crippen LogP contribution is 1.97. The molecule has 0 aromatic heterocycles. The molecule has 0 saturated heterocycles. The molecule has 0 aromatic carbocycles. The third-order valence-electron chi connectivity index (χ3n) is 1.86. The summed E-state index contributed by atoms with van der Waals surface area (Å²) in [5.41, 5.74) is 0. The second-order valence-electron chi connectivity index (χ2n) is 3.37. The van der Waals surface area contributed by atoms with Gasteiger partial charge in [0.15, 0.2) is 0 Å². The predicted octanol–water partition coefficient (Wildman–Crippen LogP) is 0.371. The minimum Gasteiger partial charge on any atom is -0.392 e. The van der Waals surface area contributed by atoms with Crippen LogP contribution in [0.1, 0.15) is 32.6 Å². The average molecular weight is 234 g/mol. The van der Waals surface area contributed by atoms with Crippen molar-refractivity contribution in [1.29, 1.82) is 5.26 Å². The first-order chi connectivity index (χ1) is 7.02. The largest absolute Gasteiger partial charge is 0.392 e. The summed E-state index contributed by atoms with van der Waals surface area (Å²) in [7, 11) is -3.33. The monoisotopic (exact) mass is 234 g/mol. The third kappa shape index (κ3) is 8.36. The standard InChI is InChI=1S/C9H18N2O3S/c1-2-5-9(12)8-11-15(13,14)7-4-3-6-10/h9,11-12H,2-5,7-8H2,1H3. The molecule has 5 nitrogen and oxygen atoms in total. The molecule has 0 amide bonds. The molecule has 6 heteroatoms. The number of sulfonamides is 1. The van der Waals surface area contributed by atoms with Crippen LogP contribution in [0.3, 0.4) is 0 Å². The van der Waals surface area contributed by atoms with Gasteiger partial charge in [-0.1, -0.05) is 13.3 Å². The maximum Gasteiger partial charge on any atom is 0.211 e. The first kappa shape index (κ1) is 14.4. The maximum atomic E-state index is 11.3. The molecule has 0 radical (unpaired) electrons. The Balaban J connectivity index is 3.79. The van der Waals surface area contributed by atoms with Gasteiger partial charge in [0, 0.05) is 13.0 Å². The molecule has 0 saturated carbocycles. The van der Waals surface area contributed by atoms with Gasteiger partial charge in [0.05, 0.1) is 17.9 Å². The Labute approximate surface area is 91.2 Å². The van der Waals surface area contributed by atoms with E-state index >= 15 is 0 Å². The van der Waals surface area contributed by atoms with Crippen molar-refractivity contribution in [2.75, 3.05) is 12.3 Å². The molecule has 1 unspecified atom stereocenters. The van der Waals surface area contributed by atoms with Gasteiger partial charge in [0.25, 0.3) is 0 Å². The number of aliphatic hydroxyl groups excluding tert-OH is 1. The van der Waals surface area contributed by atoms with Crippen LogP contribution >= 0.6 is 0 Å². The molecule has 0 aliphatic heterocycles. The molecule has 88 valence electrons.